The van der Waals surface area contributed by atoms with Gasteiger partial charge in [-0.1, -0.05) is 0 Å². The Labute approximate surface area is 145 Å². The van der Waals surface area contributed by atoms with E-state index in [9.17, 15) is 18.8 Å². The first-order chi connectivity index (χ1) is 11.3. The van der Waals surface area contributed by atoms with E-state index in [2.05, 4.69) is 30.7 Å². The van der Waals surface area contributed by atoms with Crippen molar-refractivity contribution in [3.05, 3.63) is 34.3 Å². The van der Waals surface area contributed by atoms with Crippen molar-refractivity contribution in [2.45, 2.75) is 0 Å². The number of ether oxygens (including phenoxy) is 3. The number of carbonyl (C=O) groups is 3. The van der Waals surface area contributed by atoms with Crippen molar-refractivity contribution in [1.29, 1.82) is 0 Å². The number of carbonyl (C=O) groups excluding carboxylic acids is 3. The maximum Gasteiger partial charge on any atom is 0.344 e. The maximum absolute atomic E-state index is 14.5. The van der Waals surface area contributed by atoms with Crippen LogP contribution >= 0.6 is 15.9 Å². The van der Waals surface area contributed by atoms with Crippen LogP contribution in [0.5, 0.6) is 5.75 Å². The van der Waals surface area contributed by atoms with Gasteiger partial charge in [-0.3, -0.25) is 10.1 Å². The highest BCUT2D eigenvalue weighted by Gasteiger charge is 2.25. The summed E-state index contributed by atoms with van der Waals surface area (Å²) in [5.74, 6) is -2.94. The molecule has 0 aliphatic carbocycles. The summed E-state index contributed by atoms with van der Waals surface area (Å²) in [4.78, 5) is 34.8. The molecule has 0 bridgehead atoms. The molecule has 3 amide bonds. The minimum atomic E-state index is -1.07. The summed E-state index contributed by atoms with van der Waals surface area (Å²) >= 11 is 3.10. The molecular formula is C14H14BrFN2O6. The third-order valence-electron chi connectivity index (χ3n) is 2.61. The number of imide groups is 1. The Kier molecular flexibility index (Phi) is 7.18. The summed E-state index contributed by atoms with van der Waals surface area (Å²) < 4.78 is 28.7. The molecule has 0 aromatic heterocycles. The molecule has 24 heavy (non-hydrogen) atoms. The molecule has 130 valence electrons. The quantitative estimate of drug-likeness (QED) is 0.442. The first-order valence-electron chi connectivity index (χ1n) is 6.31. The van der Waals surface area contributed by atoms with Gasteiger partial charge in [-0.25, -0.2) is 14.0 Å². The number of rotatable bonds is 5. The molecule has 0 radical (unpaired) electrons. The molecule has 0 saturated heterocycles. The molecule has 1 rings (SSSR count). The summed E-state index contributed by atoms with van der Waals surface area (Å²) in [5, 5.41) is 4.03. The monoisotopic (exact) mass is 404 g/mol. The fourth-order valence-electron chi connectivity index (χ4n) is 1.62. The van der Waals surface area contributed by atoms with Crippen molar-refractivity contribution >= 4 is 39.5 Å². The zero-order valence-electron chi connectivity index (χ0n) is 12.9. The lowest BCUT2D eigenvalue weighted by Crippen LogP contribution is -2.33. The fraction of sp³-hybridized carbons (Fsp3) is 0.214. The Bertz CT molecular complexity index is 692. The molecule has 0 atom stereocenters. The van der Waals surface area contributed by atoms with Gasteiger partial charge in [0.25, 0.3) is 5.91 Å². The zero-order chi connectivity index (χ0) is 18.3. The van der Waals surface area contributed by atoms with E-state index in [1.54, 1.807) is 0 Å². The molecular weight excluding hydrogens is 391 g/mol. The van der Waals surface area contributed by atoms with E-state index in [0.29, 0.717) is 0 Å². The minimum absolute atomic E-state index is 0.0931. The molecule has 10 heteroatoms. The molecule has 1 aromatic carbocycles. The van der Waals surface area contributed by atoms with Gasteiger partial charge in [0.15, 0.2) is 11.6 Å². The fourth-order valence-corrected chi connectivity index (χ4v) is 2.21. The lowest BCUT2D eigenvalue weighted by molar-refractivity contribution is -0.115. The number of benzene rings is 1. The van der Waals surface area contributed by atoms with Gasteiger partial charge in [-0.2, -0.15) is 0 Å². The van der Waals surface area contributed by atoms with Crippen LogP contribution < -0.4 is 15.4 Å². The second-order valence-electron chi connectivity index (χ2n) is 4.10. The van der Waals surface area contributed by atoms with Crippen LogP contribution in [0.2, 0.25) is 0 Å². The predicted molar refractivity (Wildman–Crippen MR) is 85.3 cm³/mol. The number of anilines is 1. The van der Waals surface area contributed by atoms with Crippen LogP contribution in [-0.2, 0) is 14.3 Å². The van der Waals surface area contributed by atoms with Gasteiger partial charge in [0.05, 0.1) is 37.8 Å². The standard InChI is InChI=1S/C14H14BrFN2O6/c1-22-5-4-9(19)18-14(21)17-8-6-7(15)12(23-2)10(11(8)16)13(20)24-3/h4-6H,1-3H3,(H2,17,18,19,21)/b5-4+. The van der Waals surface area contributed by atoms with Crippen molar-refractivity contribution in [2.75, 3.05) is 26.6 Å². The van der Waals surface area contributed by atoms with E-state index in [-0.39, 0.29) is 15.9 Å². The maximum atomic E-state index is 14.5. The lowest BCUT2D eigenvalue weighted by Gasteiger charge is -2.14. The Morgan fingerprint density at radius 2 is 1.92 bits per heavy atom. The highest BCUT2D eigenvalue weighted by molar-refractivity contribution is 9.10. The average molecular weight is 405 g/mol. The highest BCUT2D eigenvalue weighted by atomic mass is 79.9. The molecule has 0 saturated carbocycles. The van der Waals surface area contributed by atoms with Gasteiger partial charge in [0.2, 0.25) is 0 Å². The number of hydrogen-bond acceptors (Lipinski definition) is 6. The van der Waals surface area contributed by atoms with Crippen molar-refractivity contribution < 1.29 is 33.0 Å². The van der Waals surface area contributed by atoms with Gasteiger partial charge in [-0.15, -0.1) is 0 Å². The van der Waals surface area contributed by atoms with E-state index in [1.165, 1.54) is 20.3 Å². The number of urea groups is 1. The van der Waals surface area contributed by atoms with E-state index in [0.717, 1.165) is 19.4 Å². The normalized spacial score (nSPS) is 10.2. The van der Waals surface area contributed by atoms with Crippen LogP contribution in [0.15, 0.2) is 22.9 Å². The van der Waals surface area contributed by atoms with Gasteiger partial charge in [0.1, 0.15) is 5.56 Å². The van der Waals surface area contributed by atoms with Gasteiger partial charge < -0.3 is 19.5 Å². The van der Waals surface area contributed by atoms with Crippen molar-refractivity contribution in [2.24, 2.45) is 0 Å². The number of methoxy groups -OCH3 is 3. The molecule has 0 fully saturated rings. The van der Waals surface area contributed by atoms with Gasteiger partial charge in [0, 0.05) is 6.08 Å². The summed E-state index contributed by atoms with van der Waals surface area (Å²) in [6, 6.07) is 0.169. The van der Waals surface area contributed by atoms with E-state index < -0.39 is 29.3 Å². The van der Waals surface area contributed by atoms with Crippen LogP contribution in [0.25, 0.3) is 0 Å². The highest BCUT2D eigenvalue weighted by Crippen LogP contribution is 2.36. The van der Waals surface area contributed by atoms with Crippen molar-refractivity contribution in [3.63, 3.8) is 0 Å². The largest absolute Gasteiger partial charge is 0.504 e. The molecule has 0 aliphatic heterocycles. The number of esters is 1. The van der Waals surface area contributed by atoms with Gasteiger partial charge in [-0.05, 0) is 22.0 Å². The van der Waals surface area contributed by atoms with Crippen LogP contribution in [0.1, 0.15) is 10.4 Å². The van der Waals surface area contributed by atoms with E-state index in [1.807, 2.05) is 5.32 Å². The Morgan fingerprint density at radius 3 is 2.46 bits per heavy atom. The first kappa shape index (κ1) is 19.4. The third-order valence-corrected chi connectivity index (χ3v) is 3.19. The van der Waals surface area contributed by atoms with Gasteiger partial charge >= 0.3 is 12.0 Å². The molecule has 0 heterocycles. The molecule has 1 aromatic rings. The van der Waals surface area contributed by atoms with Crippen LogP contribution in [-0.4, -0.2) is 39.2 Å². The third kappa shape index (κ3) is 4.69. The Balaban J connectivity index is 3.11. The van der Waals surface area contributed by atoms with E-state index in [4.69, 9.17) is 4.74 Å². The number of amides is 3. The molecule has 0 unspecified atom stereocenters. The second-order valence-corrected chi connectivity index (χ2v) is 4.96. The topological polar surface area (TPSA) is 103 Å². The Morgan fingerprint density at radius 1 is 1.25 bits per heavy atom. The van der Waals surface area contributed by atoms with E-state index >= 15 is 0 Å². The molecule has 8 nitrogen and oxygen atoms in total. The number of hydrogen-bond donors (Lipinski definition) is 2. The SMILES string of the molecule is CO/C=C/C(=O)NC(=O)Nc1cc(Br)c(OC)c(C(=O)OC)c1F. The summed E-state index contributed by atoms with van der Waals surface area (Å²) in [6.45, 7) is 0. The van der Waals surface area contributed by atoms with Crippen LogP contribution in [0, 0.1) is 5.82 Å². The average Bonchev–Trinajstić information content (AvgIpc) is 2.54. The number of halogens is 2. The summed E-state index contributed by atoms with van der Waals surface area (Å²) in [6.07, 6.45) is 2.02. The predicted octanol–water partition coefficient (Wildman–Crippen LogP) is 2.19. The molecule has 0 aliphatic rings. The lowest BCUT2D eigenvalue weighted by atomic mass is 10.1. The summed E-state index contributed by atoms with van der Waals surface area (Å²) in [5.41, 5.74) is -0.862. The van der Waals surface area contributed by atoms with Crippen molar-refractivity contribution in [1.82, 2.24) is 5.32 Å². The van der Waals surface area contributed by atoms with Crippen LogP contribution in [0.4, 0.5) is 14.9 Å². The zero-order valence-corrected chi connectivity index (χ0v) is 14.5. The molecule has 0 spiro atoms. The minimum Gasteiger partial charge on any atom is -0.504 e. The Hall–Kier alpha value is -2.62. The molecule has 2 N–H and O–H groups in total. The summed E-state index contributed by atoms with van der Waals surface area (Å²) in [7, 11) is 3.64. The number of nitrogens with one attached hydrogen (secondary N) is 2. The van der Waals surface area contributed by atoms with Crippen molar-refractivity contribution in [3.8, 4) is 5.75 Å². The smallest absolute Gasteiger partial charge is 0.344 e. The van der Waals surface area contributed by atoms with Crippen LogP contribution in [0.3, 0.4) is 0 Å². The first-order valence-corrected chi connectivity index (χ1v) is 7.10. The second kappa shape index (κ2) is 8.87.